The predicted octanol–water partition coefficient (Wildman–Crippen LogP) is 2.44. The molecule has 4 heteroatoms. The van der Waals surface area contributed by atoms with E-state index in [4.69, 9.17) is 11.6 Å². The quantitative estimate of drug-likeness (QED) is 0.644. The predicted molar refractivity (Wildman–Crippen MR) is 56.3 cm³/mol. The van der Waals surface area contributed by atoms with Crippen molar-refractivity contribution in [1.82, 2.24) is 4.90 Å². The maximum Gasteiger partial charge on any atom is 0.0175 e. The highest BCUT2D eigenvalue weighted by Gasteiger charge is 2.06. The summed E-state index contributed by atoms with van der Waals surface area (Å²) >= 11 is 5.44. The Balaban J connectivity index is 2.19. The van der Waals surface area contributed by atoms with Crippen LogP contribution < -0.4 is 0 Å². The van der Waals surface area contributed by atoms with Crippen molar-refractivity contribution in [3.8, 4) is 0 Å². The number of nitrogens with zero attached hydrogens (tertiary/aromatic N) is 1. The molecule has 11 heavy (non-hydrogen) atoms. The van der Waals surface area contributed by atoms with E-state index in [1.54, 1.807) is 5.54 Å². The van der Waals surface area contributed by atoms with Gasteiger partial charge < -0.3 is 0 Å². The van der Waals surface area contributed by atoms with Crippen molar-refractivity contribution >= 4 is 33.2 Å². The second-order valence-corrected chi connectivity index (χ2v) is 5.26. The van der Waals surface area contributed by atoms with Gasteiger partial charge in [-0.25, -0.2) is 0 Å². The highest BCUT2D eigenvalue weighted by atomic mass is 35.5. The minimum atomic E-state index is 1.00. The molecule has 1 nitrogen and oxygen atoms in total. The fourth-order valence-corrected chi connectivity index (χ4v) is 3.07. The van der Waals surface area contributed by atoms with E-state index >= 15 is 0 Å². The zero-order valence-electron chi connectivity index (χ0n) is 6.33. The van der Waals surface area contributed by atoms with Gasteiger partial charge in [0.15, 0.2) is 0 Å². The van der Waals surface area contributed by atoms with E-state index in [1.165, 1.54) is 24.6 Å². The van der Waals surface area contributed by atoms with Gasteiger partial charge in [0.25, 0.3) is 0 Å². The second kappa shape index (κ2) is 6.23. The second-order valence-electron chi connectivity index (χ2n) is 2.31. The summed E-state index contributed by atoms with van der Waals surface area (Å²) in [6.07, 6.45) is 2.00. The zero-order chi connectivity index (χ0) is 7.94. The average molecular weight is 210 g/mol. The molecule has 1 rings (SSSR count). The van der Waals surface area contributed by atoms with Gasteiger partial charge in [-0.1, -0.05) is 39.3 Å². The molecule has 0 aliphatic carbocycles. The lowest BCUT2D eigenvalue weighted by atomic mass is 10.5. The molecule has 1 heterocycles. The van der Waals surface area contributed by atoms with Gasteiger partial charge in [0.1, 0.15) is 0 Å². The lowest BCUT2D eigenvalue weighted by molar-refractivity contribution is 0.344. The molecular formula is C7H12ClNS2. The van der Waals surface area contributed by atoms with Crippen LogP contribution in [0.3, 0.4) is 0 Å². The summed E-state index contributed by atoms with van der Waals surface area (Å²) in [6, 6.07) is 0. The third kappa shape index (κ3) is 4.31. The van der Waals surface area contributed by atoms with Crippen molar-refractivity contribution in [2.24, 2.45) is 0 Å². The summed E-state index contributed by atoms with van der Waals surface area (Å²) in [7, 11) is 3.94. The van der Waals surface area contributed by atoms with Crippen LogP contribution in [0.4, 0.5) is 0 Å². The minimum absolute atomic E-state index is 1.00. The average Bonchev–Trinajstić information content (AvgIpc) is 2.28. The van der Waals surface area contributed by atoms with Crippen LogP contribution in [0.25, 0.3) is 0 Å². The molecule has 0 N–H and O–H groups in total. The van der Waals surface area contributed by atoms with Gasteiger partial charge in [0, 0.05) is 36.7 Å². The zero-order valence-corrected chi connectivity index (χ0v) is 8.72. The molecule has 0 spiro atoms. The van der Waals surface area contributed by atoms with Gasteiger partial charge in [-0.2, -0.15) is 0 Å². The molecular weight excluding hydrogens is 198 g/mol. The first-order valence-corrected chi connectivity index (χ1v) is 6.58. The molecule has 0 unspecified atom stereocenters. The maximum absolute atomic E-state index is 5.44. The van der Waals surface area contributed by atoms with Gasteiger partial charge in [-0.15, -0.1) is 0 Å². The van der Waals surface area contributed by atoms with Gasteiger partial charge in [0.05, 0.1) is 0 Å². The first-order chi connectivity index (χ1) is 5.43. The van der Waals surface area contributed by atoms with Crippen LogP contribution >= 0.6 is 33.2 Å². The molecule has 1 saturated heterocycles. The molecule has 0 amide bonds. The Morgan fingerprint density at radius 2 is 1.91 bits per heavy atom. The Morgan fingerprint density at radius 3 is 2.45 bits per heavy atom. The van der Waals surface area contributed by atoms with Crippen LogP contribution in [0.2, 0.25) is 0 Å². The van der Waals surface area contributed by atoms with Gasteiger partial charge in [-0.05, 0) is 0 Å². The number of hydrogen-bond donors (Lipinski definition) is 0. The van der Waals surface area contributed by atoms with Gasteiger partial charge in [0.2, 0.25) is 0 Å². The number of rotatable bonds is 2. The van der Waals surface area contributed by atoms with Crippen LogP contribution in [-0.2, 0) is 0 Å². The Morgan fingerprint density at radius 1 is 1.27 bits per heavy atom. The Hall–Kier alpha value is 0.690. The summed E-state index contributed by atoms with van der Waals surface area (Å²) in [5, 5.41) is 0. The first-order valence-electron chi connectivity index (χ1n) is 3.65. The fourth-order valence-electron chi connectivity index (χ4n) is 0.934. The summed E-state index contributed by atoms with van der Waals surface area (Å²) in [5.41, 5.74) is 1.60. The van der Waals surface area contributed by atoms with Crippen molar-refractivity contribution < 1.29 is 0 Å². The van der Waals surface area contributed by atoms with E-state index in [-0.39, 0.29) is 0 Å². The molecule has 1 aliphatic heterocycles. The topological polar surface area (TPSA) is 3.24 Å². The van der Waals surface area contributed by atoms with Gasteiger partial charge in [-0.3, -0.25) is 4.90 Å². The Labute approximate surface area is 80.9 Å². The maximum atomic E-state index is 5.44. The lowest BCUT2D eigenvalue weighted by Crippen LogP contribution is -2.27. The molecule has 0 aromatic carbocycles. The number of hydrogen-bond acceptors (Lipinski definition) is 3. The van der Waals surface area contributed by atoms with Crippen molar-refractivity contribution in [2.75, 3.05) is 31.1 Å². The Bertz CT molecular complexity index is 122. The minimum Gasteiger partial charge on any atom is -0.298 e. The molecule has 0 atom stereocenters. The summed E-state index contributed by atoms with van der Waals surface area (Å²) < 4.78 is 0. The molecule has 0 bridgehead atoms. The summed E-state index contributed by atoms with van der Waals surface area (Å²) in [6.45, 7) is 3.39. The van der Waals surface area contributed by atoms with E-state index in [2.05, 4.69) is 4.90 Å². The van der Waals surface area contributed by atoms with Crippen LogP contribution in [0.1, 0.15) is 0 Å². The normalized spacial score (nSPS) is 22.3. The first kappa shape index (κ1) is 9.78. The summed E-state index contributed by atoms with van der Waals surface area (Å²) in [4.78, 5) is 2.42. The third-order valence-corrected chi connectivity index (χ3v) is 4.06. The van der Waals surface area contributed by atoms with E-state index in [9.17, 15) is 0 Å². The summed E-state index contributed by atoms with van der Waals surface area (Å²) in [5.74, 6) is 2.47. The standard InChI is InChI=1S/C7H12ClNS2/c8-2-1-3-9-4-6-10-11-7-5-9/h1-2H,3-7H2/b2-1+. The smallest absolute Gasteiger partial charge is 0.0175 e. The monoisotopic (exact) mass is 209 g/mol. The van der Waals surface area contributed by atoms with E-state index in [0.29, 0.717) is 0 Å². The third-order valence-electron chi connectivity index (χ3n) is 1.52. The van der Waals surface area contributed by atoms with Gasteiger partial charge >= 0.3 is 0 Å². The highest BCUT2D eigenvalue weighted by molar-refractivity contribution is 8.76. The molecule has 1 aliphatic rings. The SMILES string of the molecule is Cl/C=C/CN1CCSSCC1. The van der Waals surface area contributed by atoms with Crippen molar-refractivity contribution in [2.45, 2.75) is 0 Å². The highest BCUT2D eigenvalue weighted by Crippen LogP contribution is 2.23. The fraction of sp³-hybridized carbons (Fsp3) is 0.714. The van der Waals surface area contributed by atoms with E-state index in [0.717, 1.165) is 6.54 Å². The molecule has 0 aromatic heterocycles. The largest absolute Gasteiger partial charge is 0.298 e. The lowest BCUT2D eigenvalue weighted by Gasteiger charge is -2.15. The molecule has 0 aromatic rings. The van der Waals surface area contributed by atoms with Crippen LogP contribution in [0.5, 0.6) is 0 Å². The van der Waals surface area contributed by atoms with E-state index in [1.807, 2.05) is 27.7 Å². The molecule has 64 valence electrons. The molecule has 0 saturated carbocycles. The van der Waals surface area contributed by atoms with Crippen molar-refractivity contribution in [1.29, 1.82) is 0 Å². The van der Waals surface area contributed by atoms with Crippen LogP contribution in [-0.4, -0.2) is 36.0 Å². The molecule has 0 radical (unpaired) electrons. The molecule has 1 fully saturated rings. The Kier molecular flexibility index (Phi) is 5.54. The van der Waals surface area contributed by atoms with E-state index < -0.39 is 0 Å². The van der Waals surface area contributed by atoms with Crippen molar-refractivity contribution in [3.05, 3.63) is 11.6 Å². The van der Waals surface area contributed by atoms with Crippen molar-refractivity contribution in [3.63, 3.8) is 0 Å². The van der Waals surface area contributed by atoms with Crippen LogP contribution in [0, 0.1) is 0 Å². The van der Waals surface area contributed by atoms with Crippen LogP contribution in [0.15, 0.2) is 11.6 Å². The number of halogens is 1.